The second-order valence-corrected chi connectivity index (χ2v) is 13.2. The molecule has 10 heteroatoms. The van der Waals surface area contributed by atoms with Crippen molar-refractivity contribution in [2.24, 2.45) is 5.92 Å². The maximum absolute atomic E-state index is 13.8. The molecule has 1 aliphatic carbocycles. The van der Waals surface area contributed by atoms with Gasteiger partial charge in [0.25, 0.3) is 11.8 Å². The molecule has 4 N–H and O–H groups in total. The highest BCUT2D eigenvalue weighted by atomic mass is 32.2. The Morgan fingerprint density at radius 1 is 0.844 bits per heavy atom. The molecular formula is C35H46N6O3S. The van der Waals surface area contributed by atoms with Crippen molar-refractivity contribution < 1.29 is 14.4 Å². The van der Waals surface area contributed by atoms with Crippen LogP contribution in [-0.2, 0) is 17.8 Å². The van der Waals surface area contributed by atoms with Gasteiger partial charge in [-0.3, -0.25) is 14.4 Å². The van der Waals surface area contributed by atoms with Crippen LogP contribution in [0.3, 0.4) is 0 Å². The van der Waals surface area contributed by atoms with Crippen LogP contribution in [0.25, 0.3) is 0 Å². The molecule has 3 aromatic carbocycles. The number of hydrogen-bond acceptors (Lipinski definition) is 7. The van der Waals surface area contributed by atoms with E-state index in [1.165, 1.54) is 25.0 Å². The van der Waals surface area contributed by atoms with Gasteiger partial charge in [0.05, 0.1) is 6.04 Å². The van der Waals surface area contributed by atoms with E-state index in [0.717, 1.165) is 23.4 Å². The first kappa shape index (κ1) is 34.0. The van der Waals surface area contributed by atoms with Crippen LogP contribution in [-0.4, -0.2) is 68.3 Å². The summed E-state index contributed by atoms with van der Waals surface area (Å²) in [6.07, 6.45) is 3.58. The molecule has 0 aromatic heterocycles. The molecule has 3 aromatic rings. The summed E-state index contributed by atoms with van der Waals surface area (Å²) in [6, 6.07) is 24.3. The highest BCUT2D eigenvalue weighted by Gasteiger charge is 2.25. The van der Waals surface area contributed by atoms with Crippen LogP contribution in [0.15, 0.2) is 78.9 Å². The van der Waals surface area contributed by atoms with Crippen molar-refractivity contribution in [1.82, 2.24) is 25.6 Å². The van der Waals surface area contributed by atoms with Crippen LogP contribution in [0.5, 0.6) is 0 Å². The number of anilines is 1. The van der Waals surface area contributed by atoms with Crippen molar-refractivity contribution in [1.29, 1.82) is 0 Å². The first-order valence-corrected chi connectivity index (χ1v) is 16.4. The van der Waals surface area contributed by atoms with Gasteiger partial charge >= 0.3 is 0 Å². The highest BCUT2D eigenvalue weighted by molar-refractivity contribution is 7.98. The third kappa shape index (κ3) is 11.2. The van der Waals surface area contributed by atoms with E-state index in [0.29, 0.717) is 43.0 Å². The van der Waals surface area contributed by atoms with E-state index in [1.807, 2.05) is 97.3 Å². The zero-order chi connectivity index (χ0) is 32.2. The second-order valence-electron chi connectivity index (χ2n) is 11.7. The van der Waals surface area contributed by atoms with Gasteiger partial charge in [-0.25, -0.2) is 4.31 Å². The monoisotopic (exact) mass is 630 g/mol. The van der Waals surface area contributed by atoms with E-state index in [-0.39, 0.29) is 29.8 Å². The van der Waals surface area contributed by atoms with E-state index in [4.69, 9.17) is 0 Å². The minimum Gasteiger partial charge on any atom is -0.354 e. The number of amides is 3. The topological polar surface area (TPSA) is 106 Å². The van der Waals surface area contributed by atoms with Crippen LogP contribution in [0.2, 0.25) is 0 Å². The normalized spacial score (nSPS) is 14.0. The average Bonchev–Trinajstić information content (AvgIpc) is 3.88. The Labute approximate surface area is 271 Å². The fraction of sp³-hybridized carbons (Fsp3) is 0.400. The molecule has 0 aliphatic heterocycles. The van der Waals surface area contributed by atoms with E-state index in [1.54, 1.807) is 18.2 Å². The molecule has 4 rings (SSSR count). The molecule has 0 unspecified atom stereocenters. The summed E-state index contributed by atoms with van der Waals surface area (Å²) in [5.74, 6) is 0.0528. The number of carbonyl (C=O) groups is 3. The fourth-order valence-electron chi connectivity index (χ4n) is 4.97. The zero-order valence-corrected chi connectivity index (χ0v) is 27.5. The predicted octanol–water partition coefficient (Wildman–Crippen LogP) is 4.41. The molecule has 0 radical (unpaired) electrons. The molecule has 9 nitrogen and oxygen atoms in total. The lowest BCUT2D eigenvalue weighted by molar-refractivity contribution is -0.123. The number of nitrogens with one attached hydrogen (secondary N) is 4. The smallest absolute Gasteiger partial charge is 0.251 e. The molecule has 0 saturated heterocycles. The van der Waals surface area contributed by atoms with Gasteiger partial charge in [0, 0.05) is 61.7 Å². The predicted molar refractivity (Wildman–Crippen MR) is 183 cm³/mol. The van der Waals surface area contributed by atoms with E-state index in [2.05, 4.69) is 21.3 Å². The lowest BCUT2D eigenvalue weighted by atomic mass is 10.0. The molecule has 1 fully saturated rings. The van der Waals surface area contributed by atoms with Crippen molar-refractivity contribution in [3.8, 4) is 0 Å². The molecule has 1 aliphatic rings. The van der Waals surface area contributed by atoms with Crippen molar-refractivity contribution in [3.63, 3.8) is 0 Å². The van der Waals surface area contributed by atoms with Gasteiger partial charge in [0.15, 0.2) is 0 Å². The number of benzene rings is 3. The van der Waals surface area contributed by atoms with Crippen molar-refractivity contribution in [2.75, 3.05) is 38.5 Å². The maximum Gasteiger partial charge on any atom is 0.251 e. The number of nitrogens with zero attached hydrogens (tertiary/aromatic N) is 2. The van der Waals surface area contributed by atoms with Gasteiger partial charge in [-0.2, -0.15) is 0 Å². The number of rotatable bonds is 17. The molecule has 0 spiro atoms. The lowest BCUT2D eigenvalue weighted by Gasteiger charge is -2.25. The summed E-state index contributed by atoms with van der Waals surface area (Å²) < 4.78 is 3.86. The molecular weight excluding hydrogens is 584 g/mol. The molecule has 240 valence electrons. The van der Waals surface area contributed by atoms with Crippen LogP contribution >= 0.6 is 12.1 Å². The van der Waals surface area contributed by atoms with Gasteiger partial charge in [-0.05, 0) is 75.0 Å². The van der Waals surface area contributed by atoms with Crippen molar-refractivity contribution in [2.45, 2.75) is 51.2 Å². The van der Waals surface area contributed by atoms with Crippen LogP contribution in [0.4, 0.5) is 5.69 Å². The Morgan fingerprint density at radius 3 is 2.07 bits per heavy atom. The molecule has 0 bridgehead atoms. The molecule has 3 amide bonds. The number of hydrogen-bond donors (Lipinski definition) is 4. The Morgan fingerprint density at radius 2 is 1.47 bits per heavy atom. The van der Waals surface area contributed by atoms with Crippen LogP contribution in [0.1, 0.15) is 58.0 Å². The Hall–Kier alpha value is -3.86. The minimum absolute atomic E-state index is 0.00512. The largest absolute Gasteiger partial charge is 0.354 e. The van der Waals surface area contributed by atoms with Crippen LogP contribution < -0.4 is 25.6 Å². The summed E-state index contributed by atoms with van der Waals surface area (Å²) in [5.41, 5.74) is 3.57. The van der Waals surface area contributed by atoms with Gasteiger partial charge in [0.2, 0.25) is 5.91 Å². The highest BCUT2D eigenvalue weighted by Crippen LogP contribution is 2.27. The Kier molecular flexibility index (Phi) is 12.9. The first-order chi connectivity index (χ1) is 21.7. The third-order valence-electron chi connectivity index (χ3n) is 7.64. The first-order valence-electron chi connectivity index (χ1n) is 15.6. The SMILES string of the molecule is CC[C@H](NC[C@@H](Cc1ccccc1)NC(=O)c1cc(C(=O)NCc2ccccc2)cc(N(C)SN(C)C)c1)C(=O)NCC1CC1. The standard InChI is InChI=1S/C35H46N6O3S/c1-5-32(35(44)38-23-27-16-17-27)36-24-30(18-25-12-8-6-9-13-25)39-34(43)29-19-28(20-31(21-29)41(4)45-40(2)3)33(42)37-22-26-14-10-7-11-15-26/h6-15,19-21,27,30,32,36H,5,16-18,22-24H2,1-4H3,(H,37,42)(H,38,44)(H,39,43)/t30-,32+/m1/s1. The van der Waals surface area contributed by atoms with Gasteiger partial charge in [0.1, 0.15) is 0 Å². The minimum atomic E-state index is -0.348. The van der Waals surface area contributed by atoms with E-state index in [9.17, 15) is 14.4 Å². The molecule has 0 heterocycles. The van der Waals surface area contributed by atoms with Crippen molar-refractivity contribution >= 4 is 35.5 Å². The summed E-state index contributed by atoms with van der Waals surface area (Å²) >= 11 is 1.46. The summed E-state index contributed by atoms with van der Waals surface area (Å²) in [7, 11) is 5.76. The lowest BCUT2D eigenvalue weighted by Crippen LogP contribution is -2.50. The zero-order valence-electron chi connectivity index (χ0n) is 26.7. The third-order valence-corrected chi connectivity index (χ3v) is 8.43. The fourth-order valence-corrected chi connectivity index (χ4v) is 5.66. The maximum atomic E-state index is 13.8. The van der Waals surface area contributed by atoms with Gasteiger partial charge in [-0.1, -0.05) is 67.6 Å². The molecule has 2 atom stereocenters. The second kappa shape index (κ2) is 17.0. The average molecular weight is 631 g/mol. The Bertz CT molecular complexity index is 1400. The van der Waals surface area contributed by atoms with Gasteiger partial charge < -0.3 is 25.6 Å². The van der Waals surface area contributed by atoms with E-state index < -0.39 is 0 Å². The van der Waals surface area contributed by atoms with E-state index >= 15 is 0 Å². The number of carbonyl (C=O) groups excluding carboxylic acids is 3. The summed E-state index contributed by atoms with van der Waals surface area (Å²) in [5, 5.41) is 12.6. The quantitative estimate of drug-likeness (QED) is 0.164. The molecule has 1 saturated carbocycles. The molecule has 45 heavy (non-hydrogen) atoms. The Balaban J connectivity index is 1.52. The van der Waals surface area contributed by atoms with Crippen molar-refractivity contribution in [3.05, 3.63) is 101 Å². The summed E-state index contributed by atoms with van der Waals surface area (Å²) in [6.45, 7) is 3.50. The van der Waals surface area contributed by atoms with Gasteiger partial charge in [-0.15, -0.1) is 0 Å². The van der Waals surface area contributed by atoms with Crippen LogP contribution in [0, 0.1) is 5.92 Å². The summed E-state index contributed by atoms with van der Waals surface area (Å²) in [4.78, 5) is 40.0.